The van der Waals surface area contributed by atoms with Crippen molar-refractivity contribution in [2.45, 2.75) is 0 Å². The van der Waals surface area contributed by atoms with Gasteiger partial charge in [0.15, 0.2) is 5.71 Å². The number of rotatable bonds is 4. The summed E-state index contributed by atoms with van der Waals surface area (Å²) < 4.78 is 0. The third-order valence-electron chi connectivity index (χ3n) is 2.39. The van der Waals surface area contributed by atoms with E-state index in [1.54, 1.807) is 0 Å². The van der Waals surface area contributed by atoms with Gasteiger partial charge in [-0.2, -0.15) is 5.10 Å². The Kier molecular flexibility index (Phi) is 4.57. The number of hydrogen-bond acceptors (Lipinski definition) is 5. The number of carboxylic acid groups (broad SMARTS) is 1. The van der Waals surface area contributed by atoms with Crippen LogP contribution in [0.4, 0.5) is 0 Å². The molecule has 106 valence electrons. The van der Waals surface area contributed by atoms with Gasteiger partial charge in [0.05, 0.1) is 6.20 Å². The molecule has 2 aromatic rings. The van der Waals surface area contributed by atoms with E-state index in [-0.39, 0.29) is 11.4 Å². The zero-order valence-electron chi connectivity index (χ0n) is 10.5. The minimum Gasteiger partial charge on any atom is -0.476 e. The van der Waals surface area contributed by atoms with Crippen LogP contribution in [-0.4, -0.2) is 32.7 Å². The lowest BCUT2D eigenvalue weighted by atomic mass is 10.1. The van der Waals surface area contributed by atoms with E-state index < -0.39 is 11.9 Å². The van der Waals surface area contributed by atoms with Gasteiger partial charge in [-0.15, -0.1) is 0 Å². The first-order valence-corrected chi connectivity index (χ1v) is 6.09. The van der Waals surface area contributed by atoms with Crippen molar-refractivity contribution in [2.24, 2.45) is 5.10 Å². The number of hydrazone groups is 1. The van der Waals surface area contributed by atoms with Crippen LogP contribution in [0.5, 0.6) is 0 Å². The lowest BCUT2D eigenvalue weighted by molar-refractivity contribution is -0.129. The summed E-state index contributed by atoms with van der Waals surface area (Å²) in [6.07, 6.45) is 4.00. The van der Waals surface area contributed by atoms with Crippen molar-refractivity contribution < 1.29 is 14.7 Å². The number of nitrogens with one attached hydrogen (secondary N) is 1. The molecule has 1 amide bonds. The molecule has 0 aliphatic rings. The van der Waals surface area contributed by atoms with Crippen molar-refractivity contribution in [1.82, 2.24) is 15.4 Å². The topological polar surface area (TPSA) is 105 Å². The predicted molar refractivity (Wildman–Crippen MR) is 75.1 cm³/mol. The Morgan fingerprint density at radius 1 is 1.19 bits per heavy atom. The van der Waals surface area contributed by atoms with Crippen LogP contribution >= 0.6 is 11.6 Å². The van der Waals surface area contributed by atoms with E-state index in [2.05, 4.69) is 20.5 Å². The fourth-order valence-corrected chi connectivity index (χ4v) is 1.55. The number of carboxylic acids is 1. The maximum Gasteiger partial charge on any atom is 0.356 e. The second kappa shape index (κ2) is 6.58. The van der Waals surface area contributed by atoms with Gasteiger partial charge in [-0.3, -0.25) is 9.78 Å². The van der Waals surface area contributed by atoms with Gasteiger partial charge in [-0.1, -0.05) is 23.7 Å². The van der Waals surface area contributed by atoms with Crippen LogP contribution in [-0.2, 0) is 4.79 Å². The summed E-state index contributed by atoms with van der Waals surface area (Å²) in [7, 11) is 0. The minimum absolute atomic E-state index is 0.0297. The van der Waals surface area contributed by atoms with Crippen LogP contribution in [0.3, 0.4) is 0 Å². The van der Waals surface area contributed by atoms with E-state index in [0.29, 0.717) is 10.6 Å². The maximum atomic E-state index is 11.7. The van der Waals surface area contributed by atoms with Gasteiger partial charge in [0.2, 0.25) is 0 Å². The molecule has 0 radical (unpaired) electrons. The highest BCUT2D eigenvalue weighted by Crippen LogP contribution is 2.10. The van der Waals surface area contributed by atoms with Crippen LogP contribution in [0.25, 0.3) is 0 Å². The molecular weight excluding hydrogens is 296 g/mol. The number of halogens is 1. The molecule has 0 aliphatic carbocycles. The fourth-order valence-electron chi connectivity index (χ4n) is 1.42. The van der Waals surface area contributed by atoms with Gasteiger partial charge in [-0.25, -0.2) is 15.2 Å². The number of aliphatic carboxylic acids is 1. The standard InChI is InChI=1S/C13H9ClN4O3/c14-9-3-1-8(2-4-9)11(13(20)21)17-18-12(19)10-7-15-5-6-16-10/h1-7H,(H,18,19)(H,20,21)/b17-11-. The largest absolute Gasteiger partial charge is 0.476 e. The molecular formula is C13H9ClN4O3. The highest BCUT2D eigenvalue weighted by atomic mass is 35.5. The SMILES string of the molecule is O=C(O)/C(=N\NC(=O)c1cnccn1)c1ccc(Cl)cc1. The Morgan fingerprint density at radius 2 is 1.90 bits per heavy atom. The second-order valence-corrected chi connectivity index (χ2v) is 4.24. The molecule has 1 heterocycles. The summed E-state index contributed by atoms with van der Waals surface area (Å²) in [6.45, 7) is 0. The summed E-state index contributed by atoms with van der Waals surface area (Å²) in [5.41, 5.74) is 2.15. The highest BCUT2D eigenvalue weighted by Gasteiger charge is 2.14. The first-order valence-electron chi connectivity index (χ1n) is 5.71. The van der Waals surface area contributed by atoms with Crippen molar-refractivity contribution in [2.75, 3.05) is 0 Å². The summed E-state index contributed by atoms with van der Waals surface area (Å²) in [5, 5.41) is 13.2. The molecule has 0 saturated heterocycles. The first-order chi connectivity index (χ1) is 10.1. The number of carbonyl (C=O) groups excluding carboxylic acids is 1. The predicted octanol–water partition coefficient (Wildman–Crippen LogP) is 1.35. The number of benzene rings is 1. The van der Waals surface area contributed by atoms with E-state index in [4.69, 9.17) is 16.7 Å². The molecule has 1 aromatic heterocycles. The van der Waals surface area contributed by atoms with Gasteiger partial charge >= 0.3 is 5.97 Å². The number of amides is 1. The van der Waals surface area contributed by atoms with Crippen LogP contribution in [0, 0.1) is 0 Å². The molecule has 2 rings (SSSR count). The molecule has 8 heteroatoms. The summed E-state index contributed by atoms with van der Waals surface area (Å²) in [4.78, 5) is 30.4. The van der Waals surface area contributed by atoms with Gasteiger partial charge in [0.1, 0.15) is 5.69 Å². The zero-order valence-corrected chi connectivity index (χ0v) is 11.3. The van der Waals surface area contributed by atoms with Crippen molar-refractivity contribution in [3.05, 3.63) is 59.1 Å². The lowest BCUT2D eigenvalue weighted by Gasteiger charge is -2.03. The number of carbonyl (C=O) groups is 2. The van der Waals surface area contributed by atoms with Crippen LogP contribution in [0.1, 0.15) is 16.1 Å². The second-order valence-electron chi connectivity index (χ2n) is 3.80. The van der Waals surface area contributed by atoms with Crippen molar-refractivity contribution in [3.8, 4) is 0 Å². The number of nitrogens with zero attached hydrogens (tertiary/aromatic N) is 3. The smallest absolute Gasteiger partial charge is 0.356 e. The highest BCUT2D eigenvalue weighted by molar-refractivity contribution is 6.42. The molecule has 2 N–H and O–H groups in total. The Morgan fingerprint density at radius 3 is 2.48 bits per heavy atom. The van der Waals surface area contributed by atoms with E-state index in [9.17, 15) is 9.59 Å². The molecule has 0 atom stereocenters. The normalized spacial score (nSPS) is 11.0. The average Bonchev–Trinajstić information content (AvgIpc) is 2.49. The van der Waals surface area contributed by atoms with Crippen molar-refractivity contribution >= 4 is 29.2 Å². The quantitative estimate of drug-likeness (QED) is 0.655. The fraction of sp³-hybridized carbons (Fsp3) is 0. The van der Waals surface area contributed by atoms with Gasteiger partial charge < -0.3 is 5.11 Å². The minimum atomic E-state index is -1.28. The monoisotopic (exact) mass is 304 g/mol. The van der Waals surface area contributed by atoms with Gasteiger partial charge in [0.25, 0.3) is 5.91 Å². The zero-order chi connectivity index (χ0) is 15.2. The third-order valence-corrected chi connectivity index (χ3v) is 2.64. The van der Waals surface area contributed by atoms with E-state index in [0.717, 1.165) is 0 Å². The Bertz CT molecular complexity index is 686. The number of aromatic nitrogens is 2. The molecule has 7 nitrogen and oxygen atoms in total. The molecule has 0 aliphatic heterocycles. The Balaban J connectivity index is 2.21. The molecule has 0 unspecified atom stereocenters. The molecule has 0 spiro atoms. The molecule has 0 saturated carbocycles. The van der Waals surface area contributed by atoms with E-state index in [1.807, 2.05) is 0 Å². The van der Waals surface area contributed by atoms with Gasteiger partial charge in [-0.05, 0) is 12.1 Å². The van der Waals surface area contributed by atoms with Crippen molar-refractivity contribution in [1.29, 1.82) is 0 Å². The first kappa shape index (κ1) is 14.6. The third kappa shape index (κ3) is 3.83. The average molecular weight is 305 g/mol. The van der Waals surface area contributed by atoms with Gasteiger partial charge in [0, 0.05) is 23.0 Å². The maximum absolute atomic E-state index is 11.7. The molecule has 1 aromatic carbocycles. The van der Waals surface area contributed by atoms with Crippen LogP contribution < -0.4 is 5.43 Å². The number of hydrogen-bond donors (Lipinski definition) is 2. The van der Waals surface area contributed by atoms with Crippen LogP contribution in [0.15, 0.2) is 48.0 Å². The lowest BCUT2D eigenvalue weighted by Crippen LogP contribution is -2.24. The molecule has 0 bridgehead atoms. The van der Waals surface area contributed by atoms with Crippen LogP contribution in [0.2, 0.25) is 5.02 Å². The van der Waals surface area contributed by atoms with Crippen molar-refractivity contribution in [3.63, 3.8) is 0 Å². The molecule has 0 fully saturated rings. The Hall–Kier alpha value is -2.80. The summed E-state index contributed by atoms with van der Waals surface area (Å²) >= 11 is 5.73. The van der Waals surface area contributed by atoms with E-state index in [1.165, 1.54) is 42.9 Å². The van der Waals surface area contributed by atoms with E-state index >= 15 is 0 Å². The summed E-state index contributed by atoms with van der Waals surface area (Å²) in [6, 6.07) is 6.03. The Labute approximate surface area is 124 Å². The molecule has 21 heavy (non-hydrogen) atoms. The summed E-state index contributed by atoms with van der Waals surface area (Å²) in [5.74, 6) is -1.94.